The molecule has 0 fully saturated rings. The van der Waals surface area contributed by atoms with Crippen LogP contribution in [0.15, 0.2) is 113 Å². The van der Waals surface area contributed by atoms with Crippen LogP contribution in [0.3, 0.4) is 0 Å². The summed E-state index contributed by atoms with van der Waals surface area (Å²) in [6.07, 6.45) is 1.36. The summed E-state index contributed by atoms with van der Waals surface area (Å²) in [4.78, 5) is 24.7. The van der Waals surface area contributed by atoms with Gasteiger partial charge in [0.15, 0.2) is 6.61 Å². The highest BCUT2D eigenvalue weighted by Crippen LogP contribution is 2.26. The van der Waals surface area contributed by atoms with E-state index in [0.29, 0.717) is 22.2 Å². The summed E-state index contributed by atoms with van der Waals surface area (Å²) in [5.74, 6) is -1.36. The summed E-state index contributed by atoms with van der Waals surface area (Å²) >= 11 is 0. The van der Waals surface area contributed by atoms with Crippen LogP contribution in [0, 0.1) is 12.7 Å². The van der Waals surface area contributed by atoms with E-state index in [1.165, 1.54) is 36.5 Å². The standard InChI is InChI=1S/C31H29FN4O5S/c1-23-11-17-27(18-12-23)42(39,40)36(29-10-6-5-9-28(29)32)21-30(37)35-34-20-25-13-15-26(16-14-25)41-22-31(38)33-19-24-7-3-2-4-8-24/h2-18,20H,19,21-22H2,1H3,(H,33,38)(H,35,37)/b34-20-. The van der Waals surface area contributed by atoms with Crippen LogP contribution in [-0.4, -0.2) is 39.6 Å². The summed E-state index contributed by atoms with van der Waals surface area (Å²) in [5, 5.41) is 6.67. The third kappa shape index (κ3) is 8.24. The fraction of sp³-hybridized carbons (Fsp3) is 0.129. The minimum atomic E-state index is -4.26. The fourth-order valence-corrected chi connectivity index (χ4v) is 5.21. The molecule has 2 amide bonds. The van der Waals surface area contributed by atoms with Crippen molar-refractivity contribution in [2.75, 3.05) is 17.5 Å². The van der Waals surface area contributed by atoms with Gasteiger partial charge in [-0.05, 0) is 66.6 Å². The minimum Gasteiger partial charge on any atom is -0.484 e. The van der Waals surface area contributed by atoms with Crippen LogP contribution < -0.4 is 19.8 Å². The fourth-order valence-electron chi connectivity index (χ4n) is 3.78. The summed E-state index contributed by atoms with van der Waals surface area (Å²) in [7, 11) is -4.26. The van der Waals surface area contributed by atoms with Crippen molar-refractivity contribution in [3.63, 3.8) is 0 Å². The van der Waals surface area contributed by atoms with Crippen molar-refractivity contribution < 1.29 is 27.1 Å². The summed E-state index contributed by atoms with van der Waals surface area (Å²) in [6.45, 7) is 1.36. The normalized spacial score (nSPS) is 11.2. The molecule has 9 nitrogen and oxygen atoms in total. The maximum absolute atomic E-state index is 14.6. The van der Waals surface area contributed by atoms with Crippen molar-refractivity contribution in [1.82, 2.24) is 10.7 Å². The molecule has 2 N–H and O–H groups in total. The summed E-state index contributed by atoms with van der Waals surface area (Å²) < 4.78 is 47.5. The Morgan fingerprint density at radius 3 is 2.24 bits per heavy atom. The molecule has 0 bridgehead atoms. The van der Waals surface area contributed by atoms with Gasteiger partial charge in [0.1, 0.15) is 18.1 Å². The van der Waals surface area contributed by atoms with Crippen molar-refractivity contribution in [2.45, 2.75) is 18.4 Å². The molecule has 0 radical (unpaired) electrons. The van der Waals surface area contributed by atoms with E-state index < -0.39 is 28.3 Å². The monoisotopic (exact) mass is 588 g/mol. The Labute approximate surface area is 243 Å². The Balaban J connectivity index is 1.33. The summed E-state index contributed by atoms with van der Waals surface area (Å²) in [6, 6.07) is 27.5. The third-order valence-electron chi connectivity index (χ3n) is 6.00. The minimum absolute atomic E-state index is 0.0800. The molecule has 0 spiro atoms. The predicted octanol–water partition coefficient (Wildman–Crippen LogP) is 4.17. The van der Waals surface area contributed by atoms with E-state index in [2.05, 4.69) is 15.8 Å². The zero-order chi connectivity index (χ0) is 30.0. The van der Waals surface area contributed by atoms with E-state index in [4.69, 9.17) is 4.74 Å². The van der Waals surface area contributed by atoms with Gasteiger partial charge >= 0.3 is 0 Å². The van der Waals surface area contributed by atoms with Crippen LogP contribution in [0.4, 0.5) is 10.1 Å². The lowest BCUT2D eigenvalue weighted by Crippen LogP contribution is -2.40. The molecule has 0 atom stereocenters. The first-order chi connectivity index (χ1) is 20.2. The number of nitrogens with one attached hydrogen (secondary N) is 2. The van der Waals surface area contributed by atoms with Crippen LogP contribution in [-0.2, 0) is 26.2 Å². The predicted molar refractivity (Wildman–Crippen MR) is 158 cm³/mol. The van der Waals surface area contributed by atoms with Gasteiger partial charge in [0.25, 0.3) is 21.8 Å². The van der Waals surface area contributed by atoms with Crippen molar-refractivity contribution >= 4 is 33.7 Å². The Kier molecular flexibility index (Phi) is 10.0. The molecule has 0 saturated heterocycles. The quantitative estimate of drug-likeness (QED) is 0.190. The van der Waals surface area contributed by atoms with Gasteiger partial charge < -0.3 is 10.1 Å². The molecule has 0 aliphatic carbocycles. The number of hydrazone groups is 1. The molecule has 216 valence electrons. The molecule has 0 aromatic heterocycles. The van der Waals surface area contributed by atoms with Gasteiger partial charge in [-0.2, -0.15) is 5.10 Å². The van der Waals surface area contributed by atoms with E-state index in [9.17, 15) is 22.4 Å². The van der Waals surface area contributed by atoms with E-state index in [0.717, 1.165) is 17.2 Å². The largest absolute Gasteiger partial charge is 0.484 e. The first-order valence-electron chi connectivity index (χ1n) is 12.9. The van der Waals surface area contributed by atoms with Crippen molar-refractivity contribution in [2.24, 2.45) is 5.10 Å². The average Bonchev–Trinajstić information content (AvgIpc) is 2.99. The van der Waals surface area contributed by atoms with Gasteiger partial charge in [0.05, 0.1) is 16.8 Å². The molecule has 4 aromatic rings. The van der Waals surface area contributed by atoms with Gasteiger partial charge in [-0.3, -0.25) is 13.9 Å². The van der Waals surface area contributed by atoms with Crippen LogP contribution >= 0.6 is 0 Å². The number of halogens is 1. The second-order valence-electron chi connectivity index (χ2n) is 9.19. The first kappa shape index (κ1) is 29.9. The van der Waals surface area contributed by atoms with Crippen molar-refractivity contribution in [3.8, 4) is 5.75 Å². The lowest BCUT2D eigenvalue weighted by atomic mass is 10.2. The number of carbonyl (C=O) groups excluding carboxylic acids is 2. The molecule has 4 aromatic carbocycles. The molecule has 0 aliphatic rings. The molecule has 42 heavy (non-hydrogen) atoms. The first-order valence-corrected chi connectivity index (χ1v) is 14.4. The van der Waals surface area contributed by atoms with Crippen molar-refractivity contribution in [1.29, 1.82) is 0 Å². The number of ether oxygens (including phenoxy) is 1. The Hall–Kier alpha value is -5.03. The highest BCUT2D eigenvalue weighted by Gasteiger charge is 2.29. The third-order valence-corrected chi connectivity index (χ3v) is 7.78. The van der Waals surface area contributed by atoms with Gasteiger partial charge in [-0.1, -0.05) is 60.2 Å². The van der Waals surface area contributed by atoms with Crippen LogP contribution in [0.1, 0.15) is 16.7 Å². The number of carbonyl (C=O) groups is 2. The second kappa shape index (κ2) is 14.0. The number of nitrogens with zero attached hydrogens (tertiary/aromatic N) is 2. The van der Waals surface area contributed by atoms with E-state index in [-0.39, 0.29) is 23.1 Å². The van der Waals surface area contributed by atoms with Crippen LogP contribution in [0.5, 0.6) is 5.75 Å². The number of benzene rings is 4. The van der Waals surface area contributed by atoms with Crippen LogP contribution in [0.25, 0.3) is 0 Å². The topological polar surface area (TPSA) is 117 Å². The number of hydrogen-bond donors (Lipinski definition) is 2. The smallest absolute Gasteiger partial charge is 0.264 e. The SMILES string of the molecule is Cc1ccc(S(=O)(=O)N(CC(=O)N/N=C\c2ccc(OCC(=O)NCc3ccccc3)cc2)c2ccccc2F)cc1. The highest BCUT2D eigenvalue weighted by atomic mass is 32.2. The number of aryl methyl sites for hydroxylation is 1. The average molecular weight is 589 g/mol. The van der Waals surface area contributed by atoms with Crippen molar-refractivity contribution in [3.05, 3.63) is 126 Å². The molecule has 4 rings (SSSR count). The molecule has 0 aliphatic heterocycles. The Morgan fingerprint density at radius 2 is 1.55 bits per heavy atom. The molecule has 0 heterocycles. The van der Waals surface area contributed by atoms with Gasteiger partial charge in [-0.15, -0.1) is 0 Å². The van der Waals surface area contributed by atoms with Gasteiger partial charge in [0, 0.05) is 6.54 Å². The van der Waals surface area contributed by atoms with E-state index >= 15 is 0 Å². The number of amides is 2. The number of para-hydroxylation sites is 1. The van der Waals surface area contributed by atoms with Crippen LogP contribution in [0.2, 0.25) is 0 Å². The number of rotatable bonds is 12. The maximum atomic E-state index is 14.6. The zero-order valence-corrected chi connectivity index (χ0v) is 23.6. The number of sulfonamides is 1. The number of hydrogen-bond acceptors (Lipinski definition) is 6. The summed E-state index contributed by atoms with van der Waals surface area (Å²) in [5.41, 5.74) is 4.46. The zero-order valence-electron chi connectivity index (χ0n) is 22.7. The molecule has 11 heteroatoms. The molecule has 0 saturated carbocycles. The Morgan fingerprint density at radius 1 is 0.881 bits per heavy atom. The maximum Gasteiger partial charge on any atom is 0.264 e. The molecular formula is C31H29FN4O5S. The molecular weight excluding hydrogens is 559 g/mol. The van der Waals surface area contributed by atoms with Gasteiger partial charge in [-0.25, -0.2) is 18.2 Å². The second-order valence-corrected chi connectivity index (χ2v) is 11.1. The lowest BCUT2D eigenvalue weighted by Gasteiger charge is -2.24. The van der Waals surface area contributed by atoms with E-state index in [1.54, 1.807) is 36.4 Å². The number of anilines is 1. The Bertz CT molecular complexity index is 1650. The van der Waals surface area contributed by atoms with E-state index in [1.807, 2.05) is 37.3 Å². The highest BCUT2D eigenvalue weighted by molar-refractivity contribution is 7.92. The molecule has 0 unspecified atom stereocenters. The van der Waals surface area contributed by atoms with Gasteiger partial charge in [0.2, 0.25) is 0 Å². The lowest BCUT2D eigenvalue weighted by molar-refractivity contribution is -0.123.